The minimum Gasteiger partial charge on any atom is -0.375 e. The molecular formula is C22H28N2O2. The molecule has 0 unspecified atom stereocenters. The van der Waals surface area contributed by atoms with Crippen molar-refractivity contribution in [2.45, 2.75) is 45.1 Å². The Kier molecular flexibility index (Phi) is 7.80. The molecule has 0 aliphatic heterocycles. The van der Waals surface area contributed by atoms with E-state index in [9.17, 15) is 5.26 Å². The molecule has 26 heavy (non-hydrogen) atoms. The van der Waals surface area contributed by atoms with E-state index in [2.05, 4.69) is 11.4 Å². The molecule has 0 saturated carbocycles. The summed E-state index contributed by atoms with van der Waals surface area (Å²) in [7, 11) is 0. The molecule has 1 N–H and O–H groups in total. The molecule has 4 nitrogen and oxygen atoms in total. The number of hydrogen-bond acceptors (Lipinski definition) is 4. The molecule has 2 atom stereocenters. The molecular weight excluding hydrogens is 324 g/mol. The van der Waals surface area contributed by atoms with Crippen molar-refractivity contribution < 1.29 is 9.47 Å². The molecule has 2 aromatic carbocycles. The molecule has 2 rings (SSSR count). The topological polar surface area (TPSA) is 54.3 Å². The van der Waals surface area contributed by atoms with Gasteiger partial charge in [0.25, 0.3) is 0 Å². The SMILES string of the molecule is CC(C)(C)OC[C@H](C#N)N[C@H](COCc1ccccc1)c1ccccc1. The van der Waals surface area contributed by atoms with E-state index in [4.69, 9.17) is 9.47 Å². The Morgan fingerprint density at radius 3 is 2.15 bits per heavy atom. The highest BCUT2D eigenvalue weighted by Gasteiger charge is 2.20. The number of nitriles is 1. The van der Waals surface area contributed by atoms with Gasteiger partial charge in [-0.2, -0.15) is 5.26 Å². The molecule has 4 heteroatoms. The maximum absolute atomic E-state index is 9.49. The van der Waals surface area contributed by atoms with Crippen LogP contribution in [0.25, 0.3) is 0 Å². The van der Waals surface area contributed by atoms with Crippen LogP contribution in [0.2, 0.25) is 0 Å². The Morgan fingerprint density at radius 2 is 1.58 bits per heavy atom. The van der Waals surface area contributed by atoms with Gasteiger partial charge in [-0.3, -0.25) is 5.32 Å². The summed E-state index contributed by atoms with van der Waals surface area (Å²) in [4.78, 5) is 0. The average Bonchev–Trinajstić information content (AvgIpc) is 2.64. The van der Waals surface area contributed by atoms with Crippen molar-refractivity contribution in [1.82, 2.24) is 5.32 Å². The molecule has 0 amide bonds. The predicted molar refractivity (Wildman–Crippen MR) is 104 cm³/mol. The summed E-state index contributed by atoms with van der Waals surface area (Å²) in [5.74, 6) is 0. The highest BCUT2D eigenvalue weighted by molar-refractivity contribution is 5.20. The summed E-state index contributed by atoms with van der Waals surface area (Å²) in [5, 5.41) is 12.9. The molecule has 0 spiro atoms. The minimum atomic E-state index is -0.403. The van der Waals surface area contributed by atoms with Crippen LogP contribution in [0.5, 0.6) is 0 Å². The van der Waals surface area contributed by atoms with Crippen molar-refractivity contribution in [1.29, 1.82) is 5.26 Å². The molecule has 0 heterocycles. The first kappa shape index (κ1) is 20.1. The molecule has 0 bridgehead atoms. The Hall–Kier alpha value is -2.19. The van der Waals surface area contributed by atoms with Crippen molar-refractivity contribution >= 4 is 0 Å². The standard InChI is InChI=1S/C22H28N2O2/c1-22(2,3)26-16-20(14-23)24-21(19-12-8-5-9-13-19)17-25-15-18-10-6-4-7-11-18/h4-13,20-21,24H,15-17H2,1-3H3/t20-,21+/m0/s1. The highest BCUT2D eigenvalue weighted by Crippen LogP contribution is 2.16. The van der Waals surface area contributed by atoms with Gasteiger partial charge in [0.05, 0.1) is 37.5 Å². The lowest BCUT2D eigenvalue weighted by Crippen LogP contribution is -2.39. The van der Waals surface area contributed by atoms with Crippen molar-refractivity contribution in [2.24, 2.45) is 0 Å². The summed E-state index contributed by atoms with van der Waals surface area (Å²) in [6.45, 7) is 7.31. The second-order valence-electron chi connectivity index (χ2n) is 7.24. The van der Waals surface area contributed by atoms with E-state index in [-0.39, 0.29) is 11.6 Å². The van der Waals surface area contributed by atoms with Gasteiger partial charge < -0.3 is 9.47 Å². The first-order chi connectivity index (χ1) is 12.5. The zero-order valence-corrected chi connectivity index (χ0v) is 15.8. The summed E-state index contributed by atoms with van der Waals surface area (Å²) < 4.78 is 11.7. The van der Waals surface area contributed by atoms with Crippen LogP contribution in [-0.4, -0.2) is 24.9 Å². The van der Waals surface area contributed by atoms with E-state index in [0.29, 0.717) is 19.8 Å². The first-order valence-corrected chi connectivity index (χ1v) is 8.94. The van der Waals surface area contributed by atoms with Gasteiger partial charge in [0.1, 0.15) is 6.04 Å². The molecule has 0 radical (unpaired) electrons. The van der Waals surface area contributed by atoms with E-state index in [0.717, 1.165) is 11.1 Å². The van der Waals surface area contributed by atoms with Gasteiger partial charge in [0.15, 0.2) is 0 Å². The molecule has 2 aromatic rings. The molecule has 0 saturated heterocycles. The van der Waals surface area contributed by atoms with Crippen molar-refractivity contribution in [3.05, 3.63) is 71.8 Å². The fourth-order valence-electron chi connectivity index (χ4n) is 2.49. The minimum absolute atomic E-state index is 0.0758. The number of nitrogens with one attached hydrogen (secondary N) is 1. The summed E-state index contributed by atoms with van der Waals surface area (Å²) >= 11 is 0. The monoisotopic (exact) mass is 352 g/mol. The molecule has 138 valence electrons. The summed E-state index contributed by atoms with van der Waals surface area (Å²) in [6, 6.07) is 21.9. The smallest absolute Gasteiger partial charge is 0.119 e. The van der Waals surface area contributed by atoms with Gasteiger partial charge in [-0.15, -0.1) is 0 Å². The third kappa shape index (κ3) is 7.37. The van der Waals surface area contributed by atoms with Crippen LogP contribution in [0.1, 0.15) is 37.9 Å². The third-order valence-electron chi connectivity index (χ3n) is 3.84. The van der Waals surface area contributed by atoms with Crippen LogP contribution in [0.3, 0.4) is 0 Å². The van der Waals surface area contributed by atoms with Gasteiger partial charge in [-0.25, -0.2) is 0 Å². The molecule has 0 aromatic heterocycles. The van der Waals surface area contributed by atoms with Crippen LogP contribution in [-0.2, 0) is 16.1 Å². The Bertz CT molecular complexity index is 675. The van der Waals surface area contributed by atoms with E-state index in [1.807, 2.05) is 81.4 Å². The zero-order chi connectivity index (χ0) is 18.8. The molecule has 0 aliphatic rings. The van der Waals surface area contributed by atoms with E-state index in [1.165, 1.54) is 0 Å². The van der Waals surface area contributed by atoms with E-state index < -0.39 is 6.04 Å². The maximum atomic E-state index is 9.49. The fourth-order valence-corrected chi connectivity index (χ4v) is 2.49. The Balaban J connectivity index is 1.98. The lowest BCUT2D eigenvalue weighted by Gasteiger charge is -2.26. The molecule has 0 aliphatic carbocycles. The summed E-state index contributed by atoms with van der Waals surface area (Å²) in [6.07, 6.45) is 0. The second-order valence-corrected chi connectivity index (χ2v) is 7.24. The first-order valence-electron chi connectivity index (χ1n) is 8.94. The lowest BCUT2D eigenvalue weighted by molar-refractivity contribution is -0.0111. The van der Waals surface area contributed by atoms with Crippen LogP contribution in [0.4, 0.5) is 0 Å². The second kappa shape index (κ2) is 10.1. The highest BCUT2D eigenvalue weighted by atomic mass is 16.5. The zero-order valence-electron chi connectivity index (χ0n) is 15.8. The number of rotatable bonds is 9. The van der Waals surface area contributed by atoms with Crippen LogP contribution in [0, 0.1) is 11.3 Å². The van der Waals surface area contributed by atoms with Gasteiger partial charge >= 0.3 is 0 Å². The summed E-state index contributed by atoms with van der Waals surface area (Å²) in [5.41, 5.74) is 1.95. The number of nitrogens with zero attached hydrogens (tertiary/aromatic N) is 1. The normalized spacial score (nSPS) is 13.8. The van der Waals surface area contributed by atoms with Crippen molar-refractivity contribution in [3.63, 3.8) is 0 Å². The van der Waals surface area contributed by atoms with Crippen molar-refractivity contribution in [2.75, 3.05) is 13.2 Å². The van der Waals surface area contributed by atoms with Crippen LogP contribution in [0.15, 0.2) is 60.7 Å². The largest absolute Gasteiger partial charge is 0.375 e. The predicted octanol–water partition coefficient (Wildman–Crippen LogP) is 4.24. The van der Waals surface area contributed by atoms with Crippen molar-refractivity contribution in [3.8, 4) is 6.07 Å². The quantitative estimate of drug-likeness (QED) is 0.733. The number of hydrogen-bond donors (Lipinski definition) is 1. The van der Waals surface area contributed by atoms with Crippen LogP contribution < -0.4 is 5.32 Å². The Labute approximate surface area is 156 Å². The van der Waals surface area contributed by atoms with Gasteiger partial charge in [0.2, 0.25) is 0 Å². The van der Waals surface area contributed by atoms with Gasteiger partial charge in [-0.1, -0.05) is 60.7 Å². The number of ether oxygens (including phenoxy) is 2. The van der Waals surface area contributed by atoms with Gasteiger partial charge in [-0.05, 0) is 31.9 Å². The number of benzene rings is 2. The average molecular weight is 352 g/mol. The molecule has 0 fully saturated rings. The lowest BCUT2D eigenvalue weighted by atomic mass is 10.1. The van der Waals surface area contributed by atoms with Gasteiger partial charge in [0, 0.05) is 0 Å². The van der Waals surface area contributed by atoms with E-state index in [1.54, 1.807) is 0 Å². The third-order valence-corrected chi connectivity index (χ3v) is 3.84. The van der Waals surface area contributed by atoms with Crippen LogP contribution >= 0.6 is 0 Å². The maximum Gasteiger partial charge on any atom is 0.119 e. The Morgan fingerprint density at radius 1 is 0.962 bits per heavy atom. The fraction of sp³-hybridized carbons (Fsp3) is 0.409. The van der Waals surface area contributed by atoms with E-state index >= 15 is 0 Å².